The van der Waals surface area contributed by atoms with Gasteiger partial charge in [0.2, 0.25) is 0 Å². The number of nitrogens with two attached hydrogens (primary N) is 1. The Hall–Kier alpha value is -2.66. The van der Waals surface area contributed by atoms with Crippen LogP contribution in [0.2, 0.25) is 0 Å². The van der Waals surface area contributed by atoms with E-state index < -0.39 is 0 Å². The van der Waals surface area contributed by atoms with Gasteiger partial charge in [-0.15, -0.1) is 0 Å². The largest absolute Gasteiger partial charge is 0.387 e. The third-order valence-electron chi connectivity index (χ3n) is 7.29. The molecular weight excluding hydrogens is 398 g/mol. The van der Waals surface area contributed by atoms with E-state index in [0.717, 1.165) is 43.9 Å². The Kier molecular flexibility index (Phi) is 6.26. The van der Waals surface area contributed by atoms with E-state index in [2.05, 4.69) is 39.9 Å². The van der Waals surface area contributed by atoms with Crippen molar-refractivity contribution in [3.05, 3.63) is 48.0 Å². The van der Waals surface area contributed by atoms with Gasteiger partial charge in [-0.2, -0.15) is 4.99 Å². The lowest BCUT2D eigenvalue weighted by Gasteiger charge is -2.25. The van der Waals surface area contributed by atoms with Crippen LogP contribution in [0.3, 0.4) is 0 Å². The zero-order valence-electron chi connectivity index (χ0n) is 18.8. The van der Waals surface area contributed by atoms with Gasteiger partial charge in [0.25, 0.3) is 5.91 Å². The molecule has 2 fully saturated rings. The van der Waals surface area contributed by atoms with E-state index in [-0.39, 0.29) is 5.91 Å². The molecule has 1 aromatic heterocycles. The minimum absolute atomic E-state index is 0.239. The molecule has 3 aromatic rings. The SMILES string of the molecule is NC(CCC1CCCCC1)=NC(=O)c1ccc2c3ccccc3n(C3CCOCC3)c2c1. The molecular formula is C27H33N3O2. The van der Waals surface area contributed by atoms with Crippen molar-refractivity contribution in [3.8, 4) is 0 Å². The summed E-state index contributed by atoms with van der Waals surface area (Å²) in [5, 5.41) is 2.40. The van der Waals surface area contributed by atoms with Gasteiger partial charge in [-0.3, -0.25) is 4.79 Å². The average molecular weight is 432 g/mol. The number of para-hydroxylation sites is 1. The van der Waals surface area contributed by atoms with Crippen molar-refractivity contribution in [2.24, 2.45) is 16.6 Å². The minimum atomic E-state index is -0.239. The second-order valence-electron chi connectivity index (χ2n) is 9.41. The van der Waals surface area contributed by atoms with E-state index in [1.807, 2.05) is 12.1 Å². The van der Waals surface area contributed by atoms with Crippen molar-refractivity contribution in [2.75, 3.05) is 13.2 Å². The molecule has 1 saturated heterocycles. The lowest BCUT2D eigenvalue weighted by molar-refractivity contribution is 0.0717. The summed E-state index contributed by atoms with van der Waals surface area (Å²) in [5.41, 5.74) is 9.08. The van der Waals surface area contributed by atoms with Crippen molar-refractivity contribution in [2.45, 2.75) is 63.8 Å². The summed E-state index contributed by atoms with van der Waals surface area (Å²) in [5.74, 6) is 0.960. The van der Waals surface area contributed by atoms with Crippen molar-refractivity contribution >= 4 is 33.5 Å². The summed E-state index contributed by atoms with van der Waals surface area (Å²) in [4.78, 5) is 17.2. The van der Waals surface area contributed by atoms with Crippen molar-refractivity contribution in [1.82, 2.24) is 4.57 Å². The number of nitrogens with zero attached hydrogens (tertiary/aromatic N) is 2. The number of amidine groups is 1. The molecule has 168 valence electrons. The second-order valence-corrected chi connectivity index (χ2v) is 9.41. The van der Waals surface area contributed by atoms with Gasteiger partial charge in [-0.05, 0) is 43.4 Å². The molecule has 0 atom stereocenters. The van der Waals surface area contributed by atoms with Crippen LogP contribution in [0.25, 0.3) is 21.8 Å². The summed E-state index contributed by atoms with van der Waals surface area (Å²) in [6, 6.07) is 14.8. The predicted octanol–water partition coefficient (Wildman–Crippen LogP) is 6.00. The zero-order valence-corrected chi connectivity index (χ0v) is 18.8. The molecule has 5 rings (SSSR count). The van der Waals surface area contributed by atoms with Crippen LogP contribution < -0.4 is 5.73 Å². The molecule has 2 aliphatic rings. The Morgan fingerprint density at radius 3 is 2.53 bits per heavy atom. The Morgan fingerprint density at radius 2 is 1.72 bits per heavy atom. The molecule has 1 aliphatic heterocycles. The highest BCUT2D eigenvalue weighted by Crippen LogP contribution is 2.35. The lowest BCUT2D eigenvalue weighted by Crippen LogP contribution is -2.19. The van der Waals surface area contributed by atoms with E-state index in [0.29, 0.717) is 23.9 Å². The number of aliphatic imine (C=N–C) groups is 1. The van der Waals surface area contributed by atoms with Crippen LogP contribution >= 0.6 is 0 Å². The normalized spacial score (nSPS) is 19.1. The molecule has 0 radical (unpaired) electrons. The van der Waals surface area contributed by atoms with Crippen molar-refractivity contribution in [1.29, 1.82) is 0 Å². The number of carbonyl (C=O) groups is 1. The van der Waals surface area contributed by atoms with E-state index in [9.17, 15) is 4.79 Å². The molecule has 1 aliphatic carbocycles. The number of ether oxygens (including phenoxy) is 1. The summed E-state index contributed by atoms with van der Waals surface area (Å²) in [7, 11) is 0. The van der Waals surface area contributed by atoms with E-state index >= 15 is 0 Å². The summed E-state index contributed by atoms with van der Waals surface area (Å²) in [6.07, 6.45) is 10.3. The fraction of sp³-hybridized carbons (Fsp3) is 0.481. The number of aromatic nitrogens is 1. The molecule has 5 heteroatoms. The van der Waals surface area contributed by atoms with Crippen LogP contribution in [0.4, 0.5) is 0 Å². The van der Waals surface area contributed by atoms with Gasteiger partial charge in [0, 0.05) is 47.5 Å². The van der Waals surface area contributed by atoms with Crippen LogP contribution in [-0.4, -0.2) is 29.5 Å². The van der Waals surface area contributed by atoms with E-state index in [1.165, 1.54) is 48.4 Å². The predicted molar refractivity (Wildman–Crippen MR) is 130 cm³/mol. The van der Waals surface area contributed by atoms with Gasteiger partial charge in [-0.1, -0.05) is 56.4 Å². The van der Waals surface area contributed by atoms with E-state index in [1.54, 1.807) is 0 Å². The van der Waals surface area contributed by atoms with Crippen LogP contribution in [0.1, 0.15) is 74.2 Å². The monoisotopic (exact) mass is 431 g/mol. The standard InChI is InChI=1S/C27H33N3O2/c28-26(13-10-19-6-2-1-3-7-19)29-27(31)20-11-12-23-22-8-4-5-9-24(22)30(25(23)18-20)21-14-16-32-17-15-21/h4-5,8-9,11-12,18-19,21H,1-3,6-7,10,13-17H2,(H2,28,29,31). The third-order valence-corrected chi connectivity index (χ3v) is 7.29. The Morgan fingerprint density at radius 1 is 0.969 bits per heavy atom. The topological polar surface area (TPSA) is 69.6 Å². The maximum absolute atomic E-state index is 13.0. The maximum Gasteiger partial charge on any atom is 0.278 e. The van der Waals surface area contributed by atoms with Gasteiger partial charge < -0.3 is 15.0 Å². The molecule has 5 nitrogen and oxygen atoms in total. The zero-order chi connectivity index (χ0) is 21.9. The number of fused-ring (bicyclic) bond motifs is 3. The van der Waals surface area contributed by atoms with Crippen LogP contribution in [0, 0.1) is 5.92 Å². The Labute approximate surface area is 189 Å². The fourth-order valence-electron chi connectivity index (χ4n) is 5.55. The van der Waals surface area contributed by atoms with Crippen LogP contribution in [0.15, 0.2) is 47.5 Å². The third kappa shape index (κ3) is 4.31. The number of carbonyl (C=O) groups excluding carboxylic acids is 1. The number of rotatable bonds is 5. The van der Waals surface area contributed by atoms with Gasteiger partial charge in [0.15, 0.2) is 0 Å². The van der Waals surface area contributed by atoms with Crippen LogP contribution in [0.5, 0.6) is 0 Å². The van der Waals surface area contributed by atoms with Crippen LogP contribution in [-0.2, 0) is 4.74 Å². The molecule has 0 spiro atoms. The molecule has 1 amide bonds. The quantitative estimate of drug-likeness (QED) is 0.398. The summed E-state index contributed by atoms with van der Waals surface area (Å²) >= 11 is 0. The summed E-state index contributed by atoms with van der Waals surface area (Å²) in [6.45, 7) is 1.55. The molecule has 1 saturated carbocycles. The lowest BCUT2D eigenvalue weighted by atomic mass is 9.86. The first-order chi connectivity index (χ1) is 15.7. The Bertz CT molecular complexity index is 1130. The maximum atomic E-state index is 13.0. The smallest absolute Gasteiger partial charge is 0.278 e. The molecule has 32 heavy (non-hydrogen) atoms. The molecule has 0 bridgehead atoms. The van der Waals surface area contributed by atoms with Gasteiger partial charge in [0.05, 0.1) is 5.52 Å². The number of benzene rings is 2. The van der Waals surface area contributed by atoms with E-state index in [4.69, 9.17) is 10.5 Å². The minimum Gasteiger partial charge on any atom is -0.387 e. The highest BCUT2D eigenvalue weighted by molar-refractivity contribution is 6.11. The fourth-order valence-corrected chi connectivity index (χ4v) is 5.55. The van der Waals surface area contributed by atoms with Gasteiger partial charge in [-0.25, -0.2) is 0 Å². The molecule has 2 aromatic carbocycles. The van der Waals surface area contributed by atoms with Gasteiger partial charge in [0.1, 0.15) is 5.84 Å². The molecule has 2 N–H and O–H groups in total. The van der Waals surface area contributed by atoms with Crippen molar-refractivity contribution < 1.29 is 9.53 Å². The number of hydrogen-bond donors (Lipinski definition) is 1. The number of hydrogen-bond acceptors (Lipinski definition) is 2. The first kappa shape index (κ1) is 21.2. The van der Waals surface area contributed by atoms with Crippen molar-refractivity contribution in [3.63, 3.8) is 0 Å². The Balaban J connectivity index is 1.43. The highest BCUT2D eigenvalue weighted by atomic mass is 16.5. The first-order valence-corrected chi connectivity index (χ1v) is 12.2. The first-order valence-electron chi connectivity index (χ1n) is 12.2. The molecule has 2 heterocycles. The molecule has 0 unspecified atom stereocenters. The average Bonchev–Trinajstić information content (AvgIpc) is 3.17. The summed E-state index contributed by atoms with van der Waals surface area (Å²) < 4.78 is 8.00. The van der Waals surface area contributed by atoms with Gasteiger partial charge >= 0.3 is 0 Å². The highest BCUT2D eigenvalue weighted by Gasteiger charge is 2.22. The number of amides is 1. The second kappa shape index (κ2) is 9.45.